The van der Waals surface area contributed by atoms with Crippen molar-refractivity contribution in [2.75, 3.05) is 6.54 Å². The van der Waals surface area contributed by atoms with Gasteiger partial charge in [-0.3, -0.25) is 0 Å². The molecule has 2 unspecified atom stereocenters. The molecule has 0 fully saturated rings. The number of benzene rings is 1. The van der Waals surface area contributed by atoms with Crippen LogP contribution in [-0.2, 0) is 10.0 Å². The first kappa shape index (κ1) is 18.1. The molecule has 0 aliphatic carbocycles. The summed E-state index contributed by atoms with van der Waals surface area (Å²) in [5.74, 6) is 0.406. The third-order valence-corrected chi connectivity index (χ3v) is 5.26. The second-order valence-corrected chi connectivity index (χ2v) is 7.39. The molecule has 0 heterocycles. The van der Waals surface area contributed by atoms with Crippen LogP contribution in [0, 0.1) is 5.92 Å². The average Bonchev–Trinajstić information content (AvgIpc) is 2.47. The molecular formula is C16H28N2O2S. The molecule has 0 aliphatic heterocycles. The lowest BCUT2D eigenvalue weighted by atomic mass is 10.00. The topological polar surface area (TPSA) is 72.2 Å². The fourth-order valence-corrected chi connectivity index (χ4v) is 3.32. The van der Waals surface area contributed by atoms with E-state index in [0.717, 1.165) is 31.2 Å². The smallest absolute Gasteiger partial charge is 0.240 e. The molecule has 0 saturated heterocycles. The number of hydrogen-bond donors (Lipinski definition) is 2. The van der Waals surface area contributed by atoms with Crippen LogP contribution < -0.4 is 10.5 Å². The van der Waals surface area contributed by atoms with Crippen LogP contribution in [0.15, 0.2) is 29.2 Å². The molecule has 5 heteroatoms. The molecular weight excluding hydrogens is 284 g/mol. The third-order valence-electron chi connectivity index (χ3n) is 3.82. The largest absolute Gasteiger partial charge is 0.324 e. The fraction of sp³-hybridized carbons (Fsp3) is 0.625. The highest BCUT2D eigenvalue weighted by Gasteiger charge is 2.16. The van der Waals surface area contributed by atoms with Gasteiger partial charge in [0, 0.05) is 12.6 Å². The summed E-state index contributed by atoms with van der Waals surface area (Å²) in [7, 11) is -3.42. The summed E-state index contributed by atoms with van der Waals surface area (Å²) in [6, 6.07) is 6.69. The van der Waals surface area contributed by atoms with Gasteiger partial charge in [-0.15, -0.1) is 0 Å². The van der Waals surface area contributed by atoms with Crippen LogP contribution in [0.3, 0.4) is 0 Å². The molecule has 2 atom stereocenters. The van der Waals surface area contributed by atoms with Crippen LogP contribution in [0.2, 0.25) is 0 Å². The van der Waals surface area contributed by atoms with Gasteiger partial charge in [-0.2, -0.15) is 0 Å². The number of nitrogens with two attached hydrogens (primary N) is 1. The molecule has 0 amide bonds. The molecule has 1 aromatic carbocycles. The Morgan fingerprint density at radius 3 is 2.29 bits per heavy atom. The van der Waals surface area contributed by atoms with E-state index in [1.807, 2.05) is 6.92 Å². The molecule has 0 spiro atoms. The quantitative estimate of drug-likeness (QED) is 0.735. The summed E-state index contributed by atoms with van der Waals surface area (Å²) >= 11 is 0. The Bertz CT molecular complexity index is 510. The van der Waals surface area contributed by atoms with Gasteiger partial charge in [0.2, 0.25) is 10.0 Å². The minimum absolute atomic E-state index is 0.0896. The Balaban J connectivity index is 2.68. The van der Waals surface area contributed by atoms with Crippen molar-refractivity contribution in [1.82, 2.24) is 4.72 Å². The second kappa shape index (κ2) is 8.51. The van der Waals surface area contributed by atoms with Crippen molar-refractivity contribution in [2.45, 2.75) is 57.4 Å². The first-order valence-corrected chi connectivity index (χ1v) is 9.24. The van der Waals surface area contributed by atoms with Crippen molar-refractivity contribution in [3.8, 4) is 0 Å². The van der Waals surface area contributed by atoms with Crippen LogP contribution in [0.5, 0.6) is 0 Å². The molecule has 3 N–H and O–H groups in total. The van der Waals surface area contributed by atoms with Gasteiger partial charge in [0.1, 0.15) is 0 Å². The van der Waals surface area contributed by atoms with Crippen molar-refractivity contribution in [1.29, 1.82) is 0 Å². The number of sulfonamides is 1. The molecule has 1 rings (SSSR count). The standard InChI is InChI=1S/C16H28N2O2S/c1-4-6-7-14(5-2)12-18-21(19,20)16-10-8-15(9-11-16)13(3)17/h8-11,13-14,18H,4-7,12,17H2,1-3H3. The highest BCUT2D eigenvalue weighted by molar-refractivity contribution is 7.89. The Morgan fingerprint density at radius 2 is 1.81 bits per heavy atom. The zero-order valence-electron chi connectivity index (χ0n) is 13.3. The molecule has 0 saturated carbocycles. The fourth-order valence-electron chi connectivity index (χ4n) is 2.20. The maximum absolute atomic E-state index is 12.3. The number of nitrogens with one attached hydrogen (secondary N) is 1. The molecule has 21 heavy (non-hydrogen) atoms. The third kappa shape index (κ3) is 5.77. The zero-order valence-corrected chi connectivity index (χ0v) is 14.1. The number of hydrogen-bond acceptors (Lipinski definition) is 3. The van der Waals surface area contributed by atoms with Crippen LogP contribution in [0.25, 0.3) is 0 Å². The molecule has 4 nitrogen and oxygen atoms in total. The molecule has 0 radical (unpaired) electrons. The van der Waals surface area contributed by atoms with Crippen molar-refractivity contribution in [3.05, 3.63) is 29.8 Å². The van der Waals surface area contributed by atoms with Crippen LogP contribution in [-0.4, -0.2) is 15.0 Å². The first-order valence-electron chi connectivity index (χ1n) is 7.75. The molecule has 0 aliphatic rings. The lowest BCUT2D eigenvalue weighted by Crippen LogP contribution is -2.29. The number of unbranched alkanes of at least 4 members (excludes halogenated alkanes) is 1. The van der Waals surface area contributed by atoms with E-state index in [0.29, 0.717) is 17.4 Å². The van der Waals surface area contributed by atoms with E-state index in [1.54, 1.807) is 24.3 Å². The van der Waals surface area contributed by atoms with E-state index in [9.17, 15) is 8.42 Å². The zero-order chi connectivity index (χ0) is 15.9. The highest BCUT2D eigenvalue weighted by atomic mass is 32.2. The van der Waals surface area contributed by atoms with Crippen molar-refractivity contribution in [2.24, 2.45) is 11.7 Å². The Morgan fingerprint density at radius 1 is 1.19 bits per heavy atom. The first-order chi connectivity index (χ1) is 9.90. The minimum Gasteiger partial charge on any atom is -0.324 e. The van der Waals surface area contributed by atoms with E-state index < -0.39 is 10.0 Å². The van der Waals surface area contributed by atoms with Gasteiger partial charge in [-0.25, -0.2) is 13.1 Å². The maximum Gasteiger partial charge on any atom is 0.240 e. The van der Waals surface area contributed by atoms with Crippen molar-refractivity contribution >= 4 is 10.0 Å². The summed E-state index contributed by atoms with van der Waals surface area (Å²) in [6.45, 7) is 6.64. The summed E-state index contributed by atoms with van der Waals surface area (Å²) in [5.41, 5.74) is 6.70. The van der Waals surface area contributed by atoms with Gasteiger partial charge in [0.05, 0.1) is 4.90 Å². The van der Waals surface area contributed by atoms with E-state index in [-0.39, 0.29) is 6.04 Å². The van der Waals surface area contributed by atoms with Crippen LogP contribution in [0.1, 0.15) is 58.1 Å². The summed E-state index contributed by atoms with van der Waals surface area (Å²) in [5, 5.41) is 0. The van der Waals surface area contributed by atoms with Gasteiger partial charge in [0.15, 0.2) is 0 Å². The molecule has 1 aromatic rings. The normalized spacial score (nSPS) is 14.9. The van der Waals surface area contributed by atoms with E-state index in [1.165, 1.54) is 0 Å². The lowest BCUT2D eigenvalue weighted by molar-refractivity contribution is 0.443. The van der Waals surface area contributed by atoms with Crippen molar-refractivity contribution < 1.29 is 8.42 Å². The summed E-state index contributed by atoms with van der Waals surface area (Å²) < 4.78 is 27.3. The Hall–Kier alpha value is -0.910. The Labute approximate surface area is 129 Å². The monoisotopic (exact) mass is 312 g/mol. The number of rotatable bonds is 9. The maximum atomic E-state index is 12.3. The molecule has 0 aromatic heterocycles. The van der Waals surface area contributed by atoms with Crippen LogP contribution in [0.4, 0.5) is 0 Å². The molecule has 120 valence electrons. The van der Waals surface area contributed by atoms with E-state index in [4.69, 9.17) is 5.73 Å². The van der Waals surface area contributed by atoms with Gasteiger partial charge in [-0.05, 0) is 37.0 Å². The van der Waals surface area contributed by atoms with Crippen LogP contribution >= 0.6 is 0 Å². The van der Waals surface area contributed by atoms with Gasteiger partial charge in [-0.1, -0.05) is 45.2 Å². The summed E-state index contributed by atoms with van der Waals surface area (Å²) in [6.07, 6.45) is 4.34. The molecule has 0 bridgehead atoms. The average molecular weight is 312 g/mol. The van der Waals surface area contributed by atoms with Gasteiger partial charge >= 0.3 is 0 Å². The predicted molar refractivity (Wildman–Crippen MR) is 87.5 cm³/mol. The van der Waals surface area contributed by atoms with E-state index >= 15 is 0 Å². The minimum atomic E-state index is -3.42. The predicted octanol–water partition coefficient (Wildman–Crippen LogP) is 3.20. The van der Waals surface area contributed by atoms with E-state index in [2.05, 4.69) is 18.6 Å². The van der Waals surface area contributed by atoms with Crippen molar-refractivity contribution in [3.63, 3.8) is 0 Å². The Kier molecular flexibility index (Phi) is 7.35. The lowest BCUT2D eigenvalue weighted by Gasteiger charge is -2.15. The van der Waals surface area contributed by atoms with Gasteiger partial charge in [0.25, 0.3) is 0 Å². The highest BCUT2D eigenvalue weighted by Crippen LogP contribution is 2.16. The summed E-state index contributed by atoms with van der Waals surface area (Å²) in [4.78, 5) is 0.303. The SMILES string of the molecule is CCCCC(CC)CNS(=O)(=O)c1ccc(C(C)N)cc1. The second-order valence-electron chi connectivity index (χ2n) is 5.63. The van der Waals surface area contributed by atoms with Gasteiger partial charge < -0.3 is 5.73 Å².